The largest absolute Gasteiger partial charge is 0.494 e. The zero-order valence-electron chi connectivity index (χ0n) is 10.7. The van der Waals surface area contributed by atoms with Crippen LogP contribution in [0.4, 0.5) is 5.69 Å². The average Bonchev–Trinajstić information content (AvgIpc) is 2.91. The highest BCUT2D eigenvalue weighted by molar-refractivity contribution is 7.07. The number of nitrogen functional groups attached to an aromatic ring is 1. The Morgan fingerprint density at radius 3 is 2.95 bits per heavy atom. The Labute approximate surface area is 116 Å². The predicted molar refractivity (Wildman–Crippen MR) is 77.8 cm³/mol. The molecule has 1 heterocycles. The lowest BCUT2D eigenvalue weighted by Crippen LogP contribution is -2.26. The van der Waals surface area contributed by atoms with Gasteiger partial charge in [-0.25, -0.2) is 0 Å². The number of anilines is 1. The fourth-order valence-electron chi connectivity index (χ4n) is 1.81. The lowest BCUT2D eigenvalue weighted by molar-refractivity contribution is 0.0951. The van der Waals surface area contributed by atoms with Crippen molar-refractivity contribution in [2.45, 2.75) is 6.42 Å². The molecule has 1 aromatic carbocycles. The number of nitrogens with one attached hydrogen (secondary N) is 1. The van der Waals surface area contributed by atoms with Gasteiger partial charge in [0.15, 0.2) is 5.75 Å². The normalized spacial score (nSPS) is 10.2. The Hall–Kier alpha value is -2.01. The number of benzene rings is 1. The van der Waals surface area contributed by atoms with Crippen LogP contribution < -0.4 is 15.8 Å². The third-order valence-electron chi connectivity index (χ3n) is 2.77. The lowest BCUT2D eigenvalue weighted by Gasteiger charge is -2.10. The number of nitrogens with two attached hydrogens (primary N) is 1. The summed E-state index contributed by atoms with van der Waals surface area (Å²) in [5.74, 6) is 0.259. The van der Waals surface area contributed by atoms with E-state index in [-0.39, 0.29) is 5.91 Å². The summed E-state index contributed by atoms with van der Waals surface area (Å²) in [6.45, 7) is 0.591. The van der Waals surface area contributed by atoms with E-state index in [0.29, 0.717) is 23.5 Å². The summed E-state index contributed by atoms with van der Waals surface area (Å²) in [4.78, 5) is 12.1. The summed E-state index contributed by atoms with van der Waals surface area (Å²) in [6, 6.07) is 7.21. The van der Waals surface area contributed by atoms with E-state index >= 15 is 0 Å². The standard InChI is InChI=1S/C14H16N2O2S/c1-18-13-11(3-2-4-12(13)15)14(17)16-7-5-10-6-8-19-9-10/h2-4,6,8-9H,5,7,15H2,1H3,(H,16,17). The van der Waals surface area contributed by atoms with Crippen molar-refractivity contribution in [3.05, 3.63) is 46.2 Å². The van der Waals surface area contributed by atoms with Crippen LogP contribution in [0, 0.1) is 0 Å². The molecule has 0 unspecified atom stereocenters. The van der Waals surface area contributed by atoms with Gasteiger partial charge < -0.3 is 15.8 Å². The topological polar surface area (TPSA) is 64.3 Å². The van der Waals surface area contributed by atoms with E-state index in [1.165, 1.54) is 12.7 Å². The first-order valence-electron chi connectivity index (χ1n) is 5.94. The van der Waals surface area contributed by atoms with E-state index in [2.05, 4.69) is 16.8 Å². The highest BCUT2D eigenvalue weighted by Gasteiger charge is 2.13. The van der Waals surface area contributed by atoms with Crippen LogP contribution in [0.1, 0.15) is 15.9 Å². The molecule has 100 valence electrons. The van der Waals surface area contributed by atoms with Gasteiger partial charge in [0.2, 0.25) is 0 Å². The first-order valence-corrected chi connectivity index (χ1v) is 6.88. The van der Waals surface area contributed by atoms with Crippen molar-refractivity contribution in [2.75, 3.05) is 19.4 Å². The van der Waals surface area contributed by atoms with Crippen LogP contribution in [0.25, 0.3) is 0 Å². The molecule has 2 aromatic rings. The molecular formula is C14H16N2O2S. The summed E-state index contributed by atoms with van der Waals surface area (Å²) in [5, 5.41) is 6.97. The molecule has 3 N–H and O–H groups in total. The molecule has 2 rings (SSSR count). The van der Waals surface area contributed by atoms with Crippen molar-refractivity contribution in [1.29, 1.82) is 0 Å². The van der Waals surface area contributed by atoms with E-state index in [9.17, 15) is 4.79 Å². The first kappa shape index (κ1) is 13.4. The summed E-state index contributed by atoms with van der Waals surface area (Å²) in [5.41, 5.74) is 7.93. The smallest absolute Gasteiger partial charge is 0.255 e. The molecule has 5 heteroatoms. The number of hydrogen-bond donors (Lipinski definition) is 2. The second-order valence-electron chi connectivity index (χ2n) is 4.07. The van der Waals surface area contributed by atoms with E-state index in [1.807, 2.05) is 5.38 Å². The van der Waals surface area contributed by atoms with E-state index < -0.39 is 0 Å². The van der Waals surface area contributed by atoms with Crippen LogP contribution in [0.15, 0.2) is 35.0 Å². The van der Waals surface area contributed by atoms with Gasteiger partial charge in [0, 0.05) is 6.54 Å². The van der Waals surface area contributed by atoms with E-state index in [0.717, 1.165) is 6.42 Å². The summed E-state index contributed by atoms with van der Waals surface area (Å²) in [6.07, 6.45) is 0.819. The molecule has 0 radical (unpaired) electrons. The number of carbonyl (C=O) groups is 1. The van der Waals surface area contributed by atoms with E-state index in [1.54, 1.807) is 29.5 Å². The highest BCUT2D eigenvalue weighted by Crippen LogP contribution is 2.25. The van der Waals surface area contributed by atoms with Gasteiger partial charge in [-0.1, -0.05) is 6.07 Å². The maximum absolute atomic E-state index is 12.1. The first-order chi connectivity index (χ1) is 9.22. The second kappa shape index (κ2) is 6.24. The minimum Gasteiger partial charge on any atom is -0.494 e. The monoisotopic (exact) mass is 276 g/mol. The minimum absolute atomic E-state index is 0.167. The van der Waals surface area contributed by atoms with Crippen LogP contribution in [0.2, 0.25) is 0 Å². The Kier molecular flexibility index (Phi) is 4.41. The van der Waals surface area contributed by atoms with Crippen molar-refractivity contribution in [1.82, 2.24) is 5.32 Å². The molecule has 0 aliphatic heterocycles. The van der Waals surface area contributed by atoms with Crippen LogP contribution in [-0.4, -0.2) is 19.6 Å². The van der Waals surface area contributed by atoms with Gasteiger partial charge in [0.1, 0.15) is 0 Å². The number of para-hydroxylation sites is 1. The molecular weight excluding hydrogens is 260 g/mol. The van der Waals surface area contributed by atoms with Crippen LogP contribution in [0.5, 0.6) is 5.75 Å². The number of methoxy groups -OCH3 is 1. The Balaban J connectivity index is 1.98. The Morgan fingerprint density at radius 1 is 1.42 bits per heavy atom. The Morgan fingerprint density at radius 2 is 2.26 bits per heavy atom. The average molecular weight is 276 g/mol. The molecule has 0 saturated heterocycles. The zero-order chi connectivity index (χ0) is 13.7. The number of hydrogen-bond acceptors (Lipinski definition) is 4. The molecule has 0 spiro atoms. The molecule has 1 amide bonds. The third kappa shape index (κ3) is 3.26. The van der Waals surface area contributed by atoms with Gasteiger partial charge in [-0.3, -0.25) is 4.79 Å². The van der Waals surface area contributed by atoms with Crippen LogP contribution >= 0.6 is 11.3 Å². The lowest BCUT2D eigenvalue weighted by atomic mass is 10.1. The number of carbonyl (C=O) groups excluding carboxylic acids is 1. The van der Waals surface area contributed by atoms with Gasteiger partial charge in [-0.2, -0.15) is 11.3 Å². The predicted octanol–water partition coefficient (Wildman–Crippen LogP) is 2.31. The fourth-order valence-corrected chi connectivity index (χ4v) is 2.52. The van der Waals surface area contributed by atoms with Gasteiger partial charge in [-0.05, 0) is 40.9 Å². The van der Waals surface area contributed by atoms with Crippen LogP contribution in [-0.2, 0) is 6.42 Å². The zero-order valence-corrected chi connectivity index (χ0v) is 11.5. The molecule has 4 nitrogen and oxygen atoms in total. The van der Waals surface area contributed by atoms with Crippen molar-refractivity contribution >= 4 is 22.9 Å². The minimum atomic E-state index is -0.167. The maximum atomic E-state index is 12.1. The molecule has 0 aliphatic carbocycles. The third-order valence-corrected chi connectivity index (χ3v) is 3.51. The molecule has 0 aliphatic rings. The summed E-state index contributed by atoms with van der Waals surface area (Å²) in [7, 11) is 1.51. The molecule has 0 saturated carbocycles. The maximum Gasteiger partial charge on any atom is 0.255 e. The van der Waals surface area contributed by atoms with Gasteiger partial charge >= 0.3 is 0 Å². The van der Waals surface area contributed by atoms with Gasteiger partial charge in [-0.15, -0.1) is 0 Å². The second-order valence-corrected chi connectivity index (χ2v) is 4.85. The summed E-state index contributed by atoms with van der Waals surface area (Å²) < 4.78 is 5.17. The van der Waals surface area contributed by atoms with Crippen LogP contribution in [0.3, 0.4) is 0 Å². The highest BCUT2D eigenvalue weighted by atomic mass is 32.1. The SMILES string of the molecule is COc1c(N)cccc1C(=O)NCCc1ccsc1. The molecule has 0 fully saturated rings. The number of ether oxygens (including phenoxy) is 1. The number of rotatable bonds is 5. The quantitative estimate of drug-likeness (QED) is 0.824. The van der Waals surface area contributed by atoms with Gasteiger partial charge in [0.25, 0.3) is 5.91 Å². The Bertz CT molecular complexity index is 553. The fraction of sp³-hybridized carbons (Fsp3) is 0.214. The van der Waals surface area contributed by atoms with Crippen molar-refractivity contribution in [3.8, 4) is 5.75 Å². The van der Waals surface area contributed by atoms with Crippen molar-refractivity contribution < 1.29 is 9.53 Å². The molecule has 19 heavy (non-hydrogen) atoms. The molecule has 1 aromatic heterocycles. The molecule has 0 atom stereocenters. The number of amides is 1. The van der Waals surface area contributed by atoms with Crippen molar-refractivity contribution in [3.63, 3.8) is 0 Å². The number of thiophene rings is 1. The van der Waals surface area contributed by atoms with Crippen molar-refractivity contribution in [2.24, 2.45) is 0 Å². The van der Waals surface area contributed by atoms with Gasteiger partial charge in [0.05, 0.1) is 18.4 Å². The molecule has 0 bridgehead atoms. The summed E-state index contributed by atoms with van der Waals surface area (Å²) >= 11 is 1.65. The van der Waals surface area contributed by atoms with E-state index in [4.69, 9.17) is 10.5 Å².